The Kier molecular flexibility index (Phi) is 7.85. The van der Waals surface area contributed by atoms with Crippen molar-refractivity contribution >= 4 is 28.4 Å². The smallest absolute Gasteiger partial charge is 0.195 e. The first-order chi connectivity index (χ1) is 22.1. The van der Waals surface area contributed by atoms with Gasteiger partial charge >= 0.3 is 0 Å². The maximum atomic E-state index is 9.49. The summed E-state index contributed by atoms with van der Waals surface area (Å²) in [5.41, 5.74) is 10.2. The fourth-order valence-corrected chi connectivity index (χ4v) is 5.29. The number of rotatable bonds is 6. The fourth-order valence-electron chi connectivity index (χ4n) is 5.29. The number of nitriles is 2. The molecule has 0 radical (unpaired) electrons. The van der Waals surface area contributed by atoms with Crippen LogP contribution in [0.3, 0.4) is 0 Å². The van der Waals surface area contributed by atoms with E-state index in [0.717, 1.165) is 50.4 Å². The third kappa shape index (κ3) is 5.75. The van der Waals surface area contributed by atoms with Crippen LogP contribution in [-0.4, -0.2) is 0 Å². The van der Waals surface area contributed by atoms with Crippen LogP contribution in [0.4, 0.5) is 28.4 Å². The van der Waals surface area contributed by atoms with Gasteiger partial charge in [-0.2, -0.15) is 10.5 Å². The normalized spacial score (nSPS) is 10.1. The highest BCUT2D eigenvalue weighted by Crippen LogP contribution is 2.39. The monoisotopic (exact) mass is 573 g/mol. The largest absolute Gasteiger partial charge is 0.311 e. The Morgan fingerprint density at radius 1 is 0.422 bits per heavy atom. The van der Waals surface area contributed by atoms with E-state index in [2.05, 4.69) is 75.3 Å². The summed E-state index contributed by atoms with van der Waals surface area (Å²) in [7, 11) is 0. The van der Waals surface area contributed by atoms with Crippen LogP contribution in [0.2, 0.25) is 0 Å². The van der Waals surface area contributed by atoms with Crippen LogP contribution in [0.15, 0.2) is 140 Å². The molecule has 0 heterocycles. The number of benzene rings is 6. The van der Waals surface area contributed by atoms with Gasteiger partial charge in [0.25, 0.3) is 0 Å². The Balaban J connectivity index is 1.39. The molecule has 6 rings (SSSR count). The van der Waals surface area contributed by atoms with Crippen LogP contribution >= 0.6 is 0 Å². The molecule has 0 aliphatic heterocycles. The Hall–Kier alpha value is -6.92. The molecule has 0 atom stereocenters. The Morgan fingerprint density at radius 3 is 1.33 bits per heavy atom. The van der Waals surface area contributed by atoms with Crippen molar-refractivity contribution in [2.45, 2.75) is 0 Å². The summed E-state index contributed by atoms with van der Waals surface area (Å²) in [6, 6.07) is 49.8. The molecule has 5 heteroatoms. The lowest BCUT2D eigenvalue weighted by molar-refractivity contribution is 1.28. The second-order valence-electron chi connectivity index (χ2n) is 10.3. The maximum absolute atomic E-state index is 9.49. The van der Waals surface area contributed by atoms with Gasteiger partial charge in [-0.25, -0.2) is 0 Å². The van der Waals surface area contributed by atoms with Gasteiger partial charge in [0.05, 0.1) is 24.3 Å². The molecule has 0 bridgehead atoms. The van der Waals surface area contributed by atoms with E-state index in [4.69, 9.17) is 13.1 Å². The van der Waals surface area contributed by atoms with E-state index in [1.807, 2.05) is 66.7 Å². The van der Waals surface area contributed by atoms with Crippen molar-refractivity contribution in [1.82, 2.24) is 0 Å². The van der Waals surface area contributed by atoms with E-state index >= 15 is 0 Å². The Morgan fingerprint density at radius 2 is 0.844 bits per heavy atom. The Bertz CT molecular complexity index is 2050. The van der Waals surface area contributed by atoms with E-state index in [1.165, 1.54) is 0 Å². The molecule has 45 heavy (non-hydrogen) atoms. The highest BCUT2D eigenvalue weighted by Gasteiger charge is 2.15. The quantitative estimate of drug-likeness (QED) is 0.186. The average Bonchev–Trinajstić information content (AvgIpc) is 3.12. The highest BCUT2D eigenvalue weighted by atomic mass is 15.1. The molecule has 0 aliphatic carbocycles. The summed E-state index contributed by atoms with van der Waals surface area (Å²) < 4.78 is 0. The molecule has 0 saturated carbocycles. The van der Waals surface area contributed by atoms with E-state index in [9.17, 15) is 10.5 Å². The number of hydrogen-bond acceptors (Lipinski definition) is 3. The second kappa shape index (κ2) is 12.5. The standard InChI is InChI=1S/C40H23N5/c1-43-39-23-16-33(25-40(39)44-2)31-14-21-38(22-15-31)45(36-17-10-29(11-18-36)28-6-4-3-5-7-28)37-19-12-30(13-20-37)32-8-9-34(26-41)35(24-32)27-42/h3-25H. The minimum Gasteiger partial charge on any atom is -0.311 e. The van der Waals surface area contributed by atoms with Gasteiger partial charge in [0, 0.05) is 17.1 Å². The molecule has 0 spiro atoms. The fraction of sp³-hybridized carbons (Fsp3) is 0. The molecule has 6 aromatic rings. The molecule has 0 N–H and O–H groups in total. The van der Waals surface area contributed by atoms with Gasteiger partial charge in [-0.1, -0.05) is 91.0 Å². The SMILES string of the molecule is [C-]#[N+]c1ccc(-c2ccc(N(c3ccc(-c4ccccc4)cc3)c3ccc(-c4ccc(C#N)c(C#N)c4)cc3)cc2)cc1[N+]#[C-]. The highest BCUT2D eigenvalue weighted by molar-refractivity contribution is 5.83. The first-order valence-corrected chi connectivity index (χ1v) is 14.1. The van der Waals surface area contributed by atoms with Gasteiger partial charge in [-0.05, 0) is 81.9 Å². The predicted molar refractivity (Wildman–Crippen MR) is 179 cm³/mol. The van der Waals surface area contributed by atoms with Crippen LogP contribution in [-0.2, 0) is 0 Å². The van der Waals surface area contributed by atoms with E-state index in [0.29, 0.717) is 22.5 Å². The van der Waals surface area contributed by atoms with Crippen molar-refractivity contribution in [3.63, 3.8) is 0 Å². The molecule has 0 amide bonds. The lowest BCUT2D eigenvalue weighted by Gasteiger charge is -2.26. The third-order valence-electron chi connectivity index (χ3n) is 7.63. The summed E-state index contributed by atoms with van der Waals surface area (Å²) >= 11 is 0. The Labute approximate surface area is 262 Å². The zero-order valence-electron chi connectivity index (χ0n) is 24.0. The van der Waals surface area contributed by atoms with Crippen molar-refractivity contribution in [3.8, 4) is 45.5 Å². The molecule has 0 unspecified atom stereocenters. The minimum absolute atomic E-state index is 0.343. The van der Waals surface area contributed by atoms with Gasteiger partial charge < -0.3 is 4.90 Å². The van der Waals surface area contributed by atoms with E-state index in [1.54, 1.807) is 24.3 Å². The maximum Gasteiger partial charge on any atom is 0.195 e. The first kappa shape index (κ1) is 28.2. The zero-order chi connectivity index (χ0) is 31.2. The van der Waals surface area contributed by atoms with Gasteiger partial charge in [-0.3, -0.25) is 9.69 Å². The second-order valence-corrected chi connectivity index (χ2v) is 10.3. The van der Waals surface area contributed by atoms with E-state index in [-0.39, 0.29) is 0 Å². The van der Waals surface area contributed by atoms with E-state index < -0.39 is 0 Å². The first-order valence-electron chi connectivity index (χ1n) is 14.1. The molecule has 0 fully saturated rings. The van der Waals surface area contributed by atoms with Crippen LogP contribution in [0, 0.1) is 35.8 Å². The van der Waals surface area contributed by atoms with Gasteiger partial charge in [0.15, 0.2) is 11.4 Å². The third-order valence-corrected chi connectivity index (χ3v) is 7.63. The molecule has 0 aliphatic rings. The van der Waals surface area contributed by atoms with Crippen LogP contribution in [0.1, 0.15) is 11.1 Å². The van der Waals surface area contributed by atoms with Crippen molar-refractivity contribution in [1.29, 1.82) is 10.5 Å². The zero-order valence-corrected chi connectivity index (χ0v) is 24.0. The summed E-state index contributed by atoms with van der Waals surface area (Å²) in [6.07, 6.45) is 0. The summed E-state index contributed by atoms with van der Waals surface area (Å²) in [5, 5.41) is 18.8. The molecule has 208 valence electrons. The molecular weight excluding hydrogens is 550 g/mol. The number of nitrogens with zero attached hydrogens (tertiary/aromatic N) is 5. The number of hydrogen-bond donors (Lipinski definition) is 0. The van der Waals surface area contributed by atoms with Crippen molar-refractivity contribution in [2.24, 2.45) is 0 Å². The van der Waals surface area contributed by atoms with Crippen molar-refractivity contribution < 1.29 is 0 Å². The van der Waals surface area contributed by atoms with Crippen LogP contribution < -0.4 is 4.90 Å². The molecule has 6 aromatic carbocycles. The van der Waals surface area contributed by atoms with Crippen molar-refractivity contribution in [2.75, 3.05) is 4.90 Å². The number of anilines is 3. The van der Waals surface area contributed by atoms with Crippen LogP contribution in [0.25, 0.3) is 43.1 Å². The predicted octanol–water partition coefficient (Wildman–Crippen LogP) is 11.0. The summed E-state index contributed by atoms with van der Waals surface area (Å²) in [5.74, 6) is 0. The molecule has 0 aromatic heterocycles. The van der Waals surface area contributed by atoms with Gasteiger partial charge in [0.1, 0.15) is 12.1 Å². The van der Waals surface area contributed by atoms with Crippen LogP contribution in [0.5, 0.6) is 0 Å². The summed E-state index contributed by atoms with van der Waals surface area (Å²) in [6.45, 7) is 14.8. The topological polar surface area (TPSA) is 59.5 Å². The lowest BCUT2D eigenvalue weighted by Crippen LogP contribution is -2.09. The lowest BCUT2D eigenvalue weighted by atomic mass is 9.99. The van der Waals surface area contributed by atoms with Gasteiger partial charge in [0.2, 0.25) is 0 Å². The molecule has 0 saturated heterocycles. The van der Waals surface area contributed by atoms with Gasteiger partial charge in [-0.15, -0.1) is 0 Å². The molecule has 5 nitrogen and oxygen atoms in total. The molecular formula is C40H23N5. The summed E-state index contributed by atoms with van der Waals surface area (Å²) in [4.78, 5) is 9.15. The minimum atomic E-state index is 0.343. The average molecular weight is 574 g/mol. The van der Waals surface area contributed by atoms with Crippen molar-refractivity contribution in [3.05, 3.63) is 173 Å².